The predicted molar refractivity (Wildman–Crippen MR) is 140 cm³/mol. The van der Waals surface area contributed by atoms with E-state index < -0.39 is 5.60 Å². The minimum atomic E-state index is -0.532. The number of benzene rings is 1. The largest absolute Gasteiger partial charge is 0.444 e. The zero-order valence-electron chi connectivity index (χ0n) is 21.9. The number of pyridine rings is 1. The van der Waals surface area contributed by atoms with Gasteiger partial charge in [0.05, 0.1) is 23.1 Å². The number of halogens is 1. The van der Waals surface area contributed by atoms with Crippen LogP contribution in [-0.2, 0) is 4.74 Å². The molecule has 3 aromatic heterocycles. The van der Waals surface area contributed by atoms with Gasteiger partial charge in [0.25, 0.3) is 0 Å². The van der Waals surface area contributed by atoms with Crippen molar-refractivity contribution < 1.29 is 13.9 Å². The maximum atomic E-state index is 15.4. The summed E-state index contributed by atoms with van der Waals surface area (Å²) in [6.45, 7) is 11.4. The molecule has 1 saturated carbocycles. The first-order chi connectivity index (χ1) is 17.5. The first-order valence-electron chi connectivity index (χ1n) is 12.7. The molecule has 0 bridgehead atoms. The van der Waals surface area contributed by atoms with Crippen LogP contribution in [0.3, 0.4) is 0 Å². The van der Waals surface area contributed by atoms with Crippen molar-refractivity contribution in [2.24, 2.45) is 0 Å². The number of rotatable bonds is 2. The monoisotopic (exact) mass is 502 g/mol. The fraction of sp³-hybridized carbons (Fsp3) is 0.429. The van der Waals surface area contributed by atoms with E-state index in [0.717, 1.165) is 40.8 Å². The molecule has 4 aromatic rings. The van der Waals surface area contributed by atoms with E-state index in [-0.39, 0.29) is 17.4 Å². The van der Waals surface area contributed by atoms with Gasteiger partial charge < -0.3 is 9.64 Å². The lowest BCUT2D eigenvalue weighted by Crippen LogP contribution is -2.58. The van der Waals surface area contributed by atoms with E-state index in [2.05, 4.69) is 20.0 Å². The topological polar surface area (TPSA) is 75.9 Å². The molecule has 2 fully saturated rings. The van der Waals surface area contributed by atoms with Crippen molar-refractivity contribution in [1.29, 1.82) is 0 Å². The van der Waals surface area contributed by atoms with Gasteiger partial charge in [0, 0.05) is 30.7 Å². The second-order valence-electron chi connectivity index (χ2n) is 11.3. The number of hydrogen-bond donors (Lipinski definition) is 0. The minimum absolute atomic E-state index is 0.234. The molecular weight excluding hydrogens is 471 g/mol. The number of aromatic nitrogens is 4. The van der Waals surface area contributed by atoms with Gasteiger partial charge in [-0.3, -0.25) is 4.90 Å². The number of nitrogens with zero attached hydrogens (tertiary/aromatic N) is 6. The molecule has 8 nitrogen and oxygen atoms in total. The minimum Gasteiger partial charge on any atom is -0.444 e. The van der Waals surface area contributed by atoms with Crippen LogP contribution in [0.1, 0.15) is 44.9 Å². The van der Waals surface area contributed by atoms with Gasteiger partial charge in [0.15, 0.2) is 11.5 Å². The van der Waals surface area contributed by atoms with E-state index >= 15 is 4.39 Å². The molecule has 0 atom stereocenters. The molecule has 37 heavy (non-hydrogen) atoms. The Balaban J connectivity index is 1.28. The van der Waals surface area contributed by atoms with E-state index in [0.29, 0.717) is 36.5 Å². The molecule has 1 aliphatic heterocycles. The zero-order valence-corrected chi connectivity index (χ0v) is 21.9. The van der Waals surface area contributed by atoms with E-state index in [1.807, 2.05) is 70.0 Å². The van der Waals surface area contributed by atoms with Crippen molar-refractivity contribution in [3.05, 3.63) is 53.6 Å². The van der Waals surface area contributed by atoms with Gasteiger partial charge in [0.2, 0.25) is 0 Å². The summed E-state index contributed by atoms with van der Waals surface area (Å²) in [5.41, 5.74) is 4.30. The normalized spacial score (nSPS) is 17.1. The number of piperazine rings is 1. The number of carbonyl (C=O) groups is 1. The van der Waals surface area contributed by atoms with Gasteiger partial charge in [0.1, 0.15) is 16.8 Å². The third-order valence-electron chi connectivity index (χ3n) is 7.18. The maximum absolute atomic E-state index is 15.4. The Kier molecular flexibility index (Phi) is 5.19. The molecule has 2 aliphatic rings. The van der Waals surface area contributed by atoms with Crippen molar-refractivity contribution in [2.75, 3.05) is 24.5 Å². The van der Waals surface area contributed by atoms with Gasteiger partial charge in [-0.2, -0.15) is 5.10 Å². The lowest BCUT2D eigenvalue weighted by atomic mass is 10.1. The standard InChI is InChI=1S/C28H31FN6O2/c1-17-12-23(32-35-15-18(2)30-25(17)35)22-7-6-19-13-20(14-21(29)24(19)31-22)33-10-11-34(28(16-33)8-9-28)26(36)37-27(3,4)5/h6-7,12-15H,8-11,16H2,1-5H3. The van der Waals surface area contributed by atoms with Crippen LogP contribution in [0.4, 0.5) is 14.9 Å². The number of imidazole rings is 1. The molecule has 4 heterocycles. The summed E-state index contributed by atoms with van der Waals surface area (Å²) in [4.78, 5) is 26.0. The Hall–Kier alpha value is -3.75. The number of amides is 1. The zero-order chi connectivity index (χ0) is 26.1. The third kappa shape index (κ3) is 4.26. The number of aryl methyl sites for hydroxylation is 2. The highest BCUT2D eigenvalue weighted by molar-refractivity contribution is 5.85. The number of fused-ring (bicyclic) bond motifs is 2. The number of ether oxygens (including phenoxy) is 1. The average molecular weight is 503 g/mol. The van der Waals surface area contributed by atoms with Crippen molar-refractivity contribution in [1.82, 2.24) is 24.5 Å². The van der Waals surface area contributed by atoms with Crippen LogP contribution in [0.25, 0.3) is 27.9 Å². The van der Waals surface area contributed by atoms with Gasteiger partial charge in [-0.25, -0.2) is 23.7 Å². The van der Waals surface area contributed by atoms with Crippen LogP contribution < -0.4 is 4.90 Å². The number of hydrogen-bond acceptors (Lipinski definition) is 6. The Morgan fingerprint density at radius 3 is 2.57 bits per heavy atom. The Morgan fingerprint density at radius 2 is 1.84 bits per heavy atom. The summed E-state index contributed by atoms with van der Waals surface area (Å²) in [7, 11) is 0. The van der Waals surface area contributed by atoms with Crippen LogP contribution in [0.5, 0.6) is 0 Å². The highest BCUT2D eigenvalue weighted by Crippen LogP contribution is 2.46. The molecule has 192 valence electrons. The second kappa shape index (κ2) is 8.13. The van der Waals surface area contributed by atoms with Crippen LogP contribution in [0.2, 0.25) is 0 Å². The fourth-order valence-electron chi connectivity index (χ4n) is 5.24. The quantitative estimate of drug-likeness (QED) is 0.371. The summed E-state index contributed by atoms with van der Waals surface area (Å²) in [6.07, 6.45) is 3.46. The highest BCUT2D eigenvalue weighted by atomic mass is 19.1. The van der Waals surface area contributed by atoms with Crippen LogP contribution in [-0.4, -0.2) is 61.3 Å². The van der Waals surface area contributed by atoms with E-state index in [4.69, 9.17) is 4.74 Å². The maximum Gasteiger partial charge on any atom is 0.410 e. The van der Waals surface area contributed by atoms with Gasteiger partial charge in [-0.15, -0.1) is 0 Å². The van der Waals surface area contributed by atoms with Crippen LogP contribution in [0, 0.1) is 19.7 Å². The molecule has 1 aliphatic carbocycles. The lowest BCUT2D eigenvalue weighted by molar-refractivity contribution is 0.0106. The average Bonchev–Trinajstić information content (AvgIpc) is 3.46. The second-order valence-corrected chi connectivity index (χ2v) is 11.3. The molecule has 1 aromatic carbocycles. The van der Waals surface area contributed by atoms with E-state index in [1.165, 1.54) is 0 Å². The van der Waals surface area contributed by atoms with Crippen molar-refractivity contribution >= 4 is 28.3 Å². The third-order valence-corrected chi connectivity index (χ3v) is 7.18. The van der Waals surface area contributed by atoms with Crippen LogP contribution >= 0.6 is 0 Å². The first kappa shape index (κ1) is 23.6. The van der Waals surface area contributed by atoms with Crippen molar-refractivity contribution in [2.45, 2.75) is 58.6 Å². The molecular formula is C28H31FN6O2. The first-order valence-corrected chi connectivity index (χ1v) is 12.7. The van der Waals surface area contributed by atoms with Crippen LogP contribution in [0.15, 0.2) is 36.5 Å². The van der Waals surface area contributed by atoms with Crippen molar-refractivity contribution in [3.63, 3.8) is 0 Å². The number of carbonyl (C=O) groups excluding carboxylic acids is 1. The molecule has 0 N–H and O–H groups in total. The summed E-state index contributed by atoms with van der Waals surface area (Å²) in [5, 5.41) is 5.37. The summed E-state index contributed by atoms with van der Waals surface area (Å²) >= 11 is 0. The van der Waals surface area contributed by atoms with E-state index in [9.17, 15) is 4.79 Å². The summed E-state index contributed by atoms with van der Waals surface area (Å²) in [6, 6.07) is 9.25. The van der Waals surface area contributed by atoms with Crippen molar-refractivity contribution in [3.8, 4) is 11.4 Å². The Bertz CT molecular complexity index is 1550. The molecule has 0 radical (unpaired) electrons. The highest BCUT2D eigenvalue weighted by Gasteiger charge is 2.54. The molecule has 1 spiro atoms. The van der Waals surface area contributed by atoms with Gasteiger partial charge in [-0.05, 0) is 77.3 Å². The van der Waals surface area contributed by atoms with Gasteiger partial charge >= 0.3 is 6.09 Å². The van der Waals surface area contributed by atoms with Gasteiger partial charge in [-0.1, -0.05) is 6.07 Å². The molecule has 0 unspecified atom stereocenters. The summed E-state index contributed by atoms with van der Waals surface area (Å²) in [5.74, 6) is -0.370. The lowest BCUT2D eigenvalue weighted by Gasteiger charge is -2.43. The molecule has 1 saturated heterocycles. The smallest absolute Gasteiger partial charge is 0.410 e. The Labute approximate surface area is 215 Å². The summed E-state index contributed by atoms with van der Waals surface area (Å²) < 4.78 is 22.8. The SMILES string of the molecule is Cc1cn2nc(-c3ccc4cc(N5CCN(C(=O)OC(C)(C)C)C6(CC6)C5)cc(F)c4n3)cc(C)c2n1. The predicted octanol–water partition coefficient (Wildman–Crippen LogP) is 5.29. The number of anilines is 1. The Morgan fingerprint density at radius 1 is 1.05 bits per heavy atom. The van der Waals surface area contributed by atoms with E-state index in [1.54, 1.807) is 10.6 Å². The molecule has 6 rings (SSSR count). The fourth-order valence-corrected chi connectivity index (χ4v) is 5.24. The molecule has 9 heteroatoms. The molecule has 1 amide bonds.